The summed E-state index contributed by atoms with van der Waals surface area (Å²) >= 11 is 0. The maximum Gasteiger partial charge on any atom is 0.336 e. The third-order valence-electron chi connectivity index (χ3n) is 2.92. The summed E-state index contributed by atoms with van der Waals surface area (Å²) in [6, 6.07) is 0. The lowest BCUT2D eigenvalue weighted by molar-refractivity contribution is -0.183. The lowest BCUT2D eigenvalue weighted by Gasteiger charge is -2.22. The maximum atomic E-state index is 10.4. The lowest BCUT2D eigenvalue weighted by atomic mass is 9.83. The molecule has 14 nitrogen and oxygen atoms in total. The molecule has 26 heavy (non-hydrogen) atoms. The van der Waals surface area contributed by atoms with Gasteiger partial charge in [-0.2, -0.15) is 0 Å². The zero-order valence-corrected chi connectivity index (χ0v) is 13.0. The zero-order chi connectivity index (χ0) is 21.5. The fourth-order valence-electron chi connectivity index (χ4n) is 1.52. The van der Waals surface area contributed by atoms with Gasteiger partial charge in [-0.05, 0) is 6.92 Å². The largest absolute Gasteiger partial charge is 0.481 e. The molecule has 0 bridgehead atoms. The summed E-state index contributed by atoms with van der Waals surface area (Å²) < 4.78 is 0. The number of rotatable bonds is 9. The van der Waals surface area contributed by atoms with Gasteiger partial charge < -0.3 is 40.9 Å². The van der Waals surface area contributed by atoms with Crippen LogP contribution in [0.2, 0.25) is 0 Å². The summed E-state index contributed by atoms with van der Waals surface area (Å²) in [5.74, 6) is -11.3. The van der Waals surface area contributed by atoms with Crippen LogP contribution in [0.15, 0.2) is 0 Å². The van der Waals surface area contributed by atoms with Crippen molar-refractivity contribution in [3.8, 4) is 0 Å². The predicted molar refractivity (Wildman–Crippen MR) is 74.1 cm³/mol. The van der Waals surface area contributed by atoms with E-state index in [0.717, 1.165) is 6.92 Å². The van der Waals surface area contributed by atoms with Crippen molar-refractivity contribution in [1.82, 2.24) is 0 Å². The van der Waals surface area contributed by atoms with E-state index in [1.807, 2.05) is 0 Å². The first kappa shape index (κ1) is 25.0. The summed E-state index contributed by atoms with van der Waals surface area (Å²) in [5.41, 5.74) is -5.93. The van der Waals surface area contributed by atoms with Crippen molar-refractivity contribution in [2.75, 3.05) is 0 Å². The molecule has 0 spiro atoms. The Morgan fingerprint density at radius 1 is 0.692 bits per heavy atom. The van der Waals surface area contributed by atoms with Crippen LogP contribution in [0.1, 0.15) is 19.8 Å². The van der Waals surface area contributed by atoms with Gasteiger partial charge in [0.05, 0.1) is 18.9 Å². The molecule has 0 heterocycles. The highest BCUT2D eigenvalue weighted by molar-refractivity contribution is 6.16. The highest BCUT2D eigenvalue weighted by Gasteiger charge is 2.58. The summed E-state index contributed by atoms with van der Waals surface area (Å²) in [7, 11) is 0. The molecule has 1 atom stereocenters. The number of aliphatic carboxylic acids is 6. The molecule has 0 aliphatic rings. The average molecular weight is 384 g/mol. The molecular formula is C12H16O14. The van der Waals surface area contributed by atoms with Crippen molar-refractivity contribution in [1.29, 1.82) is 0 Å². The van der Waals surface area contributed by atoms with Crippen molar-refractivity contribution in [2.24, 2.45) is 5.41 Å². The van der Waals surface area contributed by atoms with Crippen LogP contribution in [-0.4, -0.2) is 88.4 Å². The Labute approximate surface area is 143 Å². The van der Waals surface area contributed by atoms with Crippen molar-refractivity contribution >= 4 is 35.8 Å². The molecule has 0 radical (unpaired) electrons. The topological polar surface area (TPSA) is 264 Å². The molecule has 0 amide bonds. The fourth-order valence-corrected chi connectivity index (χ4v) is 1.52. The van der Waals surface area contributed by atoms with Crippen molar-refractivity contribution in [2.45, 2.75) is 31.5 Å². The first-order chi connectivity index (χ1) is 11.5. The minimum atomic E-state index is -3.19. The van der Waals surface area contributed by atoms with Crippen LogP contribution in [0.25, 0.3) is 0 Å². The van der Waals surface area contributed by atoms with Gasteiger partial charge in [0, 0.05) is 0 Å². The van der Waals surface area contributed by atoms with E-state index in [2.05, 4.69) is 0 Å². The minimum Gasteiger partial charge on any atom is -0.481 e. The number of carboxylic acid groups (broad SMARTS) is 6. The molecule has 0 aromatic carbocycles. The van der Waals surface area contributed by atoms with Gasteiger partial charge in [-0.3, -0.25) is 24.0 Å². The van der Waals surface area contributed by atoms with E-state index < -0.39 is 65.8 Å². The van der Waals surface area contributed by atoms with E-state index in [1.165, 1.54) is 0 Å². The Morgan fingerprint density at radius 2 is 0.962 bits per heavy atom. The van der Waals surface area contributed by atoms with Crippen LogP contribution in [0.3, 0.4) is 0 Å². The molecule has 0 saturated heterocycles. The van der Waals surface area contributed by atoms with Crippen molar-refractivity contribution in [3.63, 3.8) is 0 Å². The predicted octanol–water partition coefficient (Wildman–Crippen LogP) is -2.64. The first-order valence-corrected chi connectivity index (χ1v) is 6.33. The quantitative estimate of drug-likeness (QED) is 0.189. The lowest BCUT2D eigenvalue weighted by Crippen LogP contribution is -2.53. The monoisotopic (exact) mass is 384 g/mol. The third kappa shape index (κ3) is 5.99. The SMILES string of the molecule is CC(O)C(C(=O)O)(C(=O)O)C(=O)O.O=C(O)CC(O)(CC(=O)O)C(=O)O. The molecule has 1 unspecified atom stereocenters. The van der Waals surface area contributed by atoms with Crippen LogP contribution in [0, 0.1) is 5.41 Å². The first-order valence-electron chi connectivity index (χ1n) is 6.33. The molecule has 148 valence electrons. The molecule has 0 rings (SSSR count). The summed E-state index contributed by atoms with van der Waals surface area (Å²) in [6.07, 6.45) is -4.32. The van der Waals surface area contributed by atoms with Gasteiger partial charge in [0.25, 0.3) is 5.41 Å². The van der Waals surface area contributed by atoms with Gasteiger partial charge in [-0.25, -0.2) is 4.79 Å². The summed E-state index contributed by atoms with van der Waals surface area (Å²) in [5, 5.41) is 67.9. The highest BCUT2D eigenvalue weighted by Crippen LogP contribution is 2.23. The number of hydrogen-bond donors (Lipinski definition) is 8. The molecule has 0 fully saturated rings. The molecule has 0 aromatic heterocycles. The van der Waals surface area contributed by atoms with Crippen LogP contribution in [0.4, 0.5) is 0 Å². The van der Waals surface area contributed by atoms with E-state index in [-0.39, 0.29) is 0 Å². The van der Waals surface area contributed by atoms with Gasteiger partial charge >= 0.3 is 35.8 Å². The summed E-state index contributed by atoms with van der Waals surface area (Å²) in [6.45, 7) is 0.788. The Hall–Kier alpha value is -3.26. The number of hydrogen-bond acceptors (Lipinski definition) is 8. The van der Waals surface area contributed by atoms with E-state index in [9.17, 15) is 28.8 Å². The summed E-state index contributed by atoms with van der Waals surface area (Å²) in [4.78, 5) is 61.8. The molecule has 0 aliphatic carbocycles. The van der Waals surface area contributed by atoms with Gasteiger partial charge in [0.2, 0.25) is 0 Å². The second kappa shape index (κ2) is 9.28. The Bertz CT molecular complexity index is 551. The van der Waals surface area contributed by atoms with Crippen molar-refractivity contribution in [3.05, 3.63) is 0 Å². The van der Waals surface area contributed by atoms with Gasteiger partial charge in [0.1, 0.15) is 0 Å². The number of aliphatic hydroxyl groups is 2. The molecule has 0 saturated carbocycles. The number of carboxylic acids is 6. The molecule has 14 heteroatoms. The van der Waals surface area contributed by atoms with E-state index in [0.29, 0.717) is 0 Å². The van der Waals surface area contributed by atoms with E-state index >= 15 is 0 Å². The van der Waals surface area contributed by atoms with Gasteiger partial charge in [0.15, 0.2) is 5.60 Å². The van der Waals surface area contributed by atoms with Gasteiger partial charge in [-0.1, -0.05) is 0 Å². The Balaban J connectivity index is 0. The Morgan fingerprint density at radius 3 is 1.04 bits per heavy atom. The van der Waals surface area contributed by atoms with Crippen LogP contribution >= 0.6 is 0 Å². The average Bonchev–Trinajstić information content (AvgIpc) is 2.35. The molecular weight excluding hydrogens is 368 g/mol. The van der Waals surface area contributed by atoms with Crippen LogP contribution < -0.4 is 0 Å². The molecule has 0 aliphatic heterocycles. The molecule has 0 aromatic rings. The van der Waals surface area contributed by atoms with E-state index in [4.69, 9.17) is 40.9 Å². The fraction of sp³-hybridized carbons (Fsp3) is 0.500. The van der Waals surface area contributed by atoms with Crippen LogP contribution in [-0.2, 0) is 28.8 Å². The smallest absolute Gasteiger partial charge is 0.336 e. The third-order valence-corrected chi connectivity index (χ3v) is 2.92. The highest BCUT2D eigenvalue weighted by atomic mass is 16.4. The van der Waals surface area contributed by atoms with E-state index in [1.54, 1.807) is 0 Å². The van der Waals surface area contributed by atoms with Gasteiger partial charge in [-0.15, -0.1) is 0 Å². The standard InChI is InChI=1S/2C6H8O7/c7-3(8)1-6(13,5(11)12)2-4(9)10;1-2(7)6(3(8)9,4(10)11)5(12)13/h13H,1-2H2,(H,7,8)(H,9,10)(H,11,12);2,7H,1H3,(H,8,9)(H,10,11)(H,12,13). The minimum absolute atomic E-state index is 0.788. The number of carbonyl (C=O) groups is 6. The molecule has 8 N–H and O–H groups in total. The maximum absolute atomic E-state index is 10.4. The second-order valence-electron chi connectivity index (χ2n) is 4.88. The van der Waals surface area contributed by atoms with Crippen LogP contribution in [0.5, 0.6) is 0 Å². The zero-order valence-electron chi connectivity index (χ0n) is 13.0. The second-order valence-corrected chi connectivity index (χ2v) is 4.88. The Kier molecular flexibility index (Phi) is 8.92. The number of aliphatic hydroxyl groups excluding tert-OH is 1. The van der Waals surface area contributed by atoms with Crippen molar-refractivity contribution < 1.29 is 69.6 Å². The normalized spacial score (nSPS) is 12.1.